The number of aliphatic carboxylic acids is 1. The minimum atomic E-state index is -0.897. The molecule has 0 spiro atoms. The van der Waals surface area contributed by atoms with Gasteiger partial charge in [-0.1, -0.05) is 12.8 Å². The van der Waals surface area contributed by atoms with Gasteiger partial charge in [0.2, 0.25) is 5.91 Å². The number of thiazole rings is 1. The second kappa shape index (κ2) is 7.11. The molecule has 1 saturated heterocycles. The summed E-state index contributed by atoms with van der Waals surface area (Å²) >= 11 is 1.42. The van der Waals surface area contributed by atoms with Gasteiger partial charge in [0, 0.05) is 23.8 Å². The van der Waals surface area contributed by atoms with Crippen LogP contribution in [-0.4, -0.2) is 48.9 Å². The fraction of sp³-hybridized carbons (Fsp3) is 0.500. The molecule has 2 aromatic heterocycles. The van der Waals surface area contributed by atoms with E-state index in [1.807, 2.05) is 5.38 Å². The van der Waals surface area contributed by atoms with Crippen molar-refractivity contribution in [3.05, 3.63) is 29.7 Å². The molecule has 4 rings (SSSR count). The molecule has 1 amide bonds. The lowest BCUT2D eigenvalue weighted by atomic mass is 9.84. The lowest BCUT2D eigenvalue weighted by molar-refractivity contribution is -0.149. The number of carboxylic acids is 1. The third-order valence-corrected chi connectivity index (χ3v) is 6.24. The Morgan fingerprint density at radius 2 is 2.12 bits per heavy atom. The summed E-state index contributed by atoms with van der Waals surface area (Å²) < 4.78 is 0. The molecule has 1 N–H and O–H groups in total. The monoisotopic (exact) mass is 372 g/mol. The van der Waals surface area contributed by atoms with Gasteiger partial charge in [-0.3, -0.25) is 14.8 Å². The van der Waals surface area contributed by atoms with Gasteiger partial charge >= 0.3 is 5.97 Å². The summed E-state index contributed by atoms with van der Waals surface area (Å²) in [5.41, 5.74) is 1.33. The summed E-state index contributed by atoms with van der Waals surface area (Å²) in [5.74, 6) is -0.714. The van der Waals surface area contributed by atoms with Gasteiger partial charge in [-0.15, -0.1) is 11.3 Å². The van der Waals surface area contributed by atoms with Gasteiger partial charge in [-0.2, -0.15) is 0 Å². The number of nitrogens with zero attached hydrogens (tertiary/aromatic N) is 4. The van der Waals surface area contributed by atoms with Gasteiger partial charge in [0.1, 0.15) is 16.7 Å². The van der Waals surface area contributed by atoms with Crippen molar-refractivity contribution in [2.45, 2.75) is 50.6 Å². The summed E-state index contributed by atoms with van der Waals surface area (Å²) in [6.07, 6.45) is 9.66. The second-order valence-corrected chi connectivity index (χ2v) is 7.77. The lowest BCUT2D eigenvalue weighted by Crippen LogP contribution is -2.46. The van der Waals surface area contributed by atoms with Crippen molar-refractivity contribution in [2.24, 2.45) is 5.92 Å². The Balaban J connectivity index is 1.52. The van der Waals surface area contributed by atoms with Gasteiger partial charge < -0.3 is 10.0 Å². The first-order valence-corrected chi connectivity index (χ1v) is 9.76. The number of hydrogen-bond acceptors (Lipinski definition) is 6. The molecule has 3 atom stereocenters. The van der Waals surface area contributed by atoms with Gasteiger partial charge in [0.25, 0.3) is 0 Å². The maximum Gasteiger partial charge on any atom is 0.326 e. The fourth-order valence-electron chi connectivity index (χ4n) is 4.20. The predicted molar refractivity (Wildman–Crippen MR) is 95.5 cm³/mol. The van der Waals surface area contributed by atoms with Crippen LogP contribution in [0.25, 0.3) is 10.7 Å². The van der Waals surface area contributed by atoms with Crippen LogP contribution in [0, 0.1) is 5.92 Å². The van der Waals surface area contributed by atoms with E-state index in [0.29, 0.717) is 28.7 Å². The molecule has 0 bridgehead atoms. The number of amides is 1. The molecule has 3 heterocycles. The first-order valence-electron chi connectivity index (χ1n) is 8.88. The summed E-state index contributed by atoms with van der Waals surface area (Å²) in [4.78, 5) is 39.0. The molecular formula is C18H20N4O3S. The number of carbonyl (C=O) groups is 2. The van der Waals surface area contributed by atoms with Crippen molar-refractivity contribution in [3.8, 4) is 10.7 Å². The number of carbonyl (C=O) groups excluding carboxylic acids is 1. The SMILES string of the molecule is O=C(O)[C@@H]1C[C@@H]2CCCC[C@@H]2N1C(=O)Cc1csc(-c2cnccn2)n1. The molecular weight excluding hydrogens is 352 g/mol. The molecule has 136 valence electrons. The molecule has 2 aromatic rings. The maximum atomic E-state index is 12.9. The average Bonchev–Trinajstić information content (AvgIpc) is 3.27. The Morgan fingerprint density at radius 1 is 1.27 bits per heavy atom. The van der Waals surface area contributed by atoms with Crippen LogP contribution in [0.15, 0.2) is 24.0 Å². The van der Waals surface area contributed by atoms with E-state index in [9.17, 15) is 14.7 Å². The van der Waals surface area contributed by atoms with Crippen molar-refractivity contribution < 1.29 is 14.7 Å². The van der Waals surface area contributed by atoms with Gasteiger partial charge in [0.05, 0.1) is 18.3 Å². The molecule has 2 fully saturated rings. The number of rotatable bonds is 4. The Morgan fingerprint density at radius 3 is 2.88 bits per heavy atom. The standard InChI is InChI=1S/C18H20N4O3S/c23-16(8-12-10-26-17(21-12)13-9-19-5-6-20-13)22-14-4-2-1-3-11(14)7-15(22)18(24)25/h5-6,9-11,14-15H,1-4,7-8H2,(H,24,25)/t11-,14-,15-/m0/s1. The summed E-state index contributed by atoms with van der Waals surface area (Å²) in [6.45, 7) is 0. The minimum absolute atomic E-state index is 0.0652. The second-order valence-electron chi connectivity index (χ2n) is 6.91. The Hall–Kier alpha value is -2.35. The van der Waals surface area contributed by atoms with E-state index in [-0.39, 0.29) is 18.4 Å². The van der Waals surface area contributed by atoms with Crippen LogP contribution >= 0.6 is 11.3 Å². The highest BCUT2D eigenvalue weighted by molar-refractivity contribution is 7.13. The topological polar surface area (TPSA) is 96.3 Å². The van der Waals surface area contributed by atoms with Crippen LogP contribution in [0.3, 0.4) is 0 Å². The van der Waals surface area contributed by atoms with Gasteiger partial charge in [0.15, 0.2) is 0 Å². The van der Waals surface area contributed by atoms with Crippen molar-refractivity contribution in [1.82, 2.24) is 19.9 Å². The molecule has 7 nitrogen and oxygen atoms in total. The number of fused-ring (bicyclic) bond motifs is 1. The van der Waals surface area contributed by atoms with Crippen LogP contribution in [0.4, 0.5) is 0 Å². The van der Waals surface area contributed by atoms with E-state index in [1.54, 1.807) is 23.5 Å². The van der Waals surface area contributed by atoms with Crippen LogP contribution in [0.2, 0.25) is 0 Å². The van der Waals surface area contributed by atoms with Gasteiger partial charge in [-0.05, 0) is 25.2 Å². The van der Waals surface area contributed by atoms with Crippen molar-refractivity contribution in [3.63, 3.8) is 0 Å². The van der Waals surface area contributed by atoms with E-state index in [4.69, 9.17) is 0 Å². The van der Waals surface area contributed by atoms with Crippen LogP contribution < -0.4 is 0 Å². The molecule has 8 heteroatoms. The molecule has 0 radical (unpaired) electrons. The maximum absolute atomic E-state index is 12.9. The first-order chi connectivity index (χ1) is 12.6. The number of carboxylic acid groups (broad SMARTS) is 1. The number of likely N-dealkylation sites (tertiary alicyclic amines) is 1. The highest BCUT2D eigenvalue weighted by Crippen LogP contribution is 2.40. The van der Waals surface area contributed by atoms with E-state index in [1.165, 1.54) is 11.3 Å². The Bertz CT molecular complexity index is 810. The van der Waals surface area contributed by atoms with Crippen molar-refractivity contribution in [2.75, 3.05) is 0 Å². The van der Waals surface area contributed by atoms with E-state index in [2.05, 4.69) is 15.0 Å². The molecule has 26 heavy (non-hydrogen) atoms. The lowest BCUT2D eigenvalue weighted by Gasteiger charge is -2.32. The zero-order valence-electron chi connectivity index (χ0n) is 14.2. The van der Waals surface area contributed by atoms with Crippen molar-refractivity contribution >= 4 is 23.2 Å². The predicted octanol–water partition coefficient (Wildman–Crippen LogP) is 2.39. The minimum Gasteiger partial charge on any atom is -0.480 e. The van der Waals surface area contributed by atoms with Crippen molar-refractivity contribution in [1.29, 1.82) is 0 Å². The van der Waals surface area contributed by atoms with E-state index < -0.39 is 12.0 Å². The third-order valence-electron chi connectivity index (χ3n) is 5.33. The summed E-state index contributed by atoms with van der Waals surface area (Å²) in [7, 11) is 0. The summed E-state index contributed by atoms with van der Waals surface area (Å²) in [5, 5.41) is 12.1. The van der Waals surface area contributed by atoms with E-state index >= 15 is 0 Å². The number of aromatic nitrogens is 3. The normalized spacial score (nSPS) is 25.1. The quantitative estimate of drug-likeness (QED) is 0.885. The summed E-state index contributed by atoms with van der Waals surface area (Å²) in [6, 6.07) is -0.635. The smallest absolute Gasteiger partial charge is 0.326 e. The largest absolute Gasteiger partial charge is 0.480 e. The number of hydrogen-bond donors (Lipinski definition) is 1. The highest BCUT2D eigenvalue weighted by atomic mass is 32.1. The van der Waals surface area contributed by atoms with Gasteiger partial charge in [-0.25, -0.2) is 9.78 Å². The fourth-order valence-corrected chi connectivity index (χ4v) is 4.98. The van der Waals surface area contributed by atoms with Crippen LogP contribution in [0.5, 0.6) is 0 Å². The molecule has 0 aromatic carbocycles. The Kier molecular flexibility index (Phi) is 4.67. The highest BCUT2D eigenvalue weighted by Gasteiger charge is 2.47. The average molecular weight is 372 g/mol. The zero-order valence-corrected chi connectivity index (χ0v) is 15.1. The Labute approximate surface area is 155 Å². The molecule has 2 aliphatic rings. The zero-order chi connectivity index (χ0) is 18.1. The van der Waals surface area contributed by atoms with E-state index in [0.717, 1.165) is 25.7 Å². The molecule has 1 aliphatic carbocycles. The molecule has 0 unspecified atom stereocenters. The third kappa shape index (κ3) is 3.21. The van der Waals surface area contributed by atoms with Crippen LogP contribution in [0.1, 0.15) is 37.8 Å². The molecule has 1 aliphatic heterocycles. The first kappa shape index (κ1) is 17.1. The molecule has 1 saturated carbocycles. The van der Waals surface area contributed by atoms with Crippen LogP contribution in [-0.2, 0) is 16.0 Å².